The van der Waals surface area contributed by atoms with Crippen molar-refractivity contribution in [3.63, 3.8) is 0 Å². The maximum atomic E-state index is 13.1. The largest absolute Gasteiger partial charge is 0.508 e. The molecule has 3 unspecified atom stereocenters. The Kier molecular flexibility index (Phi) is 5.95. The van der Waals surface area contributed by atoms with Gasteiger partial charge < -0.3 is 45.2 Å². The maximum absolute atomic E-state index is 13.1. The molecule has 41 heavy (non-hydrogen) atoms. The molecule has 0 bridgehead atoms. The maximum Gasteiger partial charge on any atom is 0.221 e. The van der Waals surface area contributed by atoms with Crippen LogP contribution in [0, 0.1) is 11.8 Å². The summed E-state index contributed by atoms with van der Waals surface area (Å²) in [7, 11) is 0. The third-order valence-electron chi connectivity index (χ3n) is 8.00. The monoisotopic (exact) mass is 560 g/mol. The van der Waals surface area contributed by atoms with E-state index in [1.165, 1.54) is 36.4 Å². The van der Waals surface area contributed by atoms with E-state index in [0.717, 1.165) is 0 Å². The van der Waals surface area contributed by atoms with E-state index in [1.54, 1.807) is 6.07 Å². The highest BCUT2D eigenvalue weighted by Gasteiger charge is 2.35. The zero-order chi connectivity index (χ0) is 29.3. The minimum Gasteiger partial charge on any atom is -0.508 e. The van der Waals surface area contributed by atoms with Gasteiger partial charge in [0.1, 0.15) is 46.7 Å². The van der Waals surface area contributed by atoms with Crippen LogP contribution in [-0.2, 0) is 12.8 Å². The van der Waals surface area contributed by atoms with E-state index >= 15 is 0 Å². The van der Waals surface area contributed by atoms with E-state index in [0.29, 0.717) is 35.1 Å². The summed E-state index contributed by atoms with van der Waals surface area (Å²) in [4.78, 5) is 13.1. The van der Waals surface area contributed by atoms with Crippen LogP contribution in [0.5, 0.6) is 51.7 Å². The van der Waals surface area contributed by atoms with Crippen molar-refractivity contribution in [2.75, 3.05) is 0 Å². The molecule has 10 nitrogen and oxygen atoms in total. The van der Waals surface area contributed by atoms with E-state index < -0.39 is 34.9 Å². The molecular weight excluding hydrogens is 532 g/mol. The van der Waals surface area contributed by atoms with Gasteiger partial charge in [-0.05, 0) is 42.0 Å². The van der Waals surface area contributed by atoms with Crippen molar-refractivity contribution in [1.82, 2.24) is 0 Å². The Morgan fingerprint density at radius 2 is 1.17 bits per heavy atom. The third-order valence-corrected chi connectivity index (χ3v) is 8.00. The van der Waals surface area contributed by atoms with Gasteiger partial charge in [0.25, 0.3) is 0 Å². The average Bonchev–Trinajstić information content (AvgIpc) is 3.03. The molecule has 4 atom stereocenters. The molecular formula is C31H28O10. The summed E-state index contributed by atoms with van der Waals surface area (Å²) < 4.78 is 12.4. The molecule has 0 aromatic heterocycles. The van der Waals surface area contributed by atoms with Crippen molar-refractivity contribution in [2.24, 2.45) is 11.8 Å². The van der Waals surface area contributed by atoms with Gasteiger partial charge in [-0.3, -0.25) is 4.79 Å². The standard InChI is InChI=1S/C31H28O10/c1-12-3-19-21(34)7-15(32)9-25(19)40-30(12)14-5-17-18(11-24(37)29(39)27(17)28(38)23(36)6-14)31-13(2)4-20-22(35)8-16(33)10-26(20)41-31/h5-13,30-35,37,39H,3-4H2,1-2H3,(H,36,38)/t12-,13?,30?,31?/m1/s1. The molecule has 0 fully saturated rings. The molecule has 0 aliphatic carbocycles. The number of aromatic hydroxyl groups is 7. The van der Waals surface area contributed by atoms with Crippen molar-refractivity contribution in [1.29, 1.82) is 0 Å². The predicted molar refractivity (Wildman–Crippen MR) is 147 cm³/mol. The zero-order valence-electron chi connectivity index (χ0n) is 22.1. The minimum atomic E-state index is -0.819. The Hall–Kier alpha value is -4.99. The number of hydrogen-bond donors (Lipinski definition) is 7. The fraction of sp³-hybridized carbons (Fsp3) is 0.258. The highest BCUT2D eigenvalue weighted by atomic mass is 16.5. The summed E-state index contributed by atoms with van der Waals surface area (Å²) in [6, 6.07) is 9.28. The first-order valence-electron chi connectivity index (χ1n) is 13.1. The van der Waals surface area contributed by atoms with E-state index in [1.807, 2.05) is 13.8 Å². The second kappa shape index (κ2) is 9.29. The first-order chi connectivity index (χ1) is 19.4. The summed E-state index contributed by atoms with van der Waals surface area (Å²) >= 11 is 0. The Morgan fingerprint density at radius 3 is 1.76 bits per heavy atom. The summed E-state index contributed by atoms with van der Waals surface area (Å²) in [5, 5.41) is 73.1. The first kappa shape index (κ1) is 26.2. The molecule has 4 aromatic carbocycles. The number of hydrogen-bond acceptors (Lipinski definition) is 10. The number of ether oxygens (including phenoxy) is 2. The molecule has 0 saturated carbocycles. The second-order valence-electron chi connectivity index (χ2n) is 10.9. The van der Waals surface area contributed by atoms with Crippen LogP contribution in [0.2, 0.25) is 0 Å². The van der Waals surface area contributed by atoms with Crippen molar-refractivity contribution in [3.8, 4) is 51.7 Å². The van der Waals surface area contributed by atoms with Crippen LogP contribution in [0.15, 0.2) is 47.3 Å². The normalized spacial score (nSPS) is 21.4. The molecule has 7 N–H and O–H groups in total. The smallest absolute Gasteiger partial charge is 0.221 e. The van der Waals surface area contributed by atoms with Gasteiger partial charge in [-0.15, -0.1) is 0 Å². The van der Waals surface area contributed by atoms with Gasteiger partial charge in [0.2, 0.25) is 5.43 Å². The molecule has 0 saturated heterocycles. The Morgan fingerprint density at radius 1 is 0.634 bits per heavy atom. The SMILES string of the molecule is CC1Cc2c(O)cc(O)cc2OC1c1cc(O)c(O)c2c(O)c(=O)cc(C3Oc4cc(O)cc(O)c4C[C@H]3C)cc12. The molecule has 2 heterocycles. The van der Waals surface area contributed by atoms with Crippen molar-refractivity contribution < 1.29 is 45.2 Å². The second-order valence-corrected chi connectivity index (χ2v) is 10.9. The highest BCUT2D eigenvalue weighted by molar-refractivity contribution is 5.97. The number of rotatable bonds is 2. The lowest BCUT2D eigenvalue weighted by Gasteiger charge is -2.33. The van der Waals surface area contributed by atoms with Crippen LogP contribution in [-0.4, -0.2) is 35.7 Å². The van der Waals surface area contributed by atoms with E-state index in [2.05, 4.69) is 0 Å². The average molecular weight is 561 g/mol. The Bertz CT molecular complexity index is 1800. The molecule has 6 rings (SSSR count). The first-order valence-corrected chi connectivity index (χ1v) is 13.1. The van der Waals surface area contributed by atoms with Crippen LogP contribution in [0.3, 0.4) is 0 Å². The van der Waals surface area contributed by atoms with E-state index in [9.17, 15) is 40.5 Å². The molecule has 10 heteroatoms. The van der Waals surface area contributed by atoms with Crippen LogP contribution >= 0.6 is 0 Å². The van der Waals surface area contributed by atoms with Gasteiger partial charge in [0.15, 0.2) is 17.2 Å². The minimum absolute atomic E-state index is 0.111. The summed E-state index contributed by atoms with van der Waals surface area (Å²) in [5.74, 6) is -2.70. The molecule has 4 aromatic rings. The lowest BCUT2D eigenvalue weighted by molar-refractivity contribution is 0.120. The molecule has 0 radical (unpaired) electrons. The topological polar surface area (TPSA) is 177 Å². The molecule has 0 amide bonds. The highest BCUT2D eigenvalue weighted by Crippen LogP contribution is 2.50. The van der Waals surface area contributed by atoms with Gasteiger partial charge in [-0.2, -0.15) is 0 Å². The van der Waals surface area contributed by atoms with Gasteiger partial charge in [-0.25, -0.2) is 0 Å². The summed E-state index contributed by atoms with van der Waals surface area (Å²) in [6.45, 7) is 3.73. The quantitative estimate of drug-likeness (QED) is 0.169. The summed E-state index contributed by atoms with van der Waals surface area (Å²) in [6.07, 6.45) is -0.794. The van der Waals surface area contributed by atoms with Crippen LogP contribution in [0.1, 0.15) is 48.3 Å². The van der Waals surface area contributed by atoms with Crippen LogP contribution in [0.25, 0.3) is 10.8 Å². The van der Waals surface area contributed by atoms with E-state index in [-0.39, 0.29) is 57.1 Å². The predicted octanol–water partition coefficient (Wildman–Crippen LogP) is 4.76. The number of fused-ring (bicyclic) bond motifs is 3. The number of phenolic OH excluding ortho intramolecular Hbond substituents is 6. The lowest BCUT2D eigenvalue weighted by atomic mass is 9.85. The molecule has 2 aliphatic heterocycles. The molecule has 212 valence electrons. The molecule has 2 aliphatic rings. The van der Waals surface area contributed by atoms with Gasteiger partial charge in [0, 0.05) is 52.8 Å². The van der Waals surface area contributed by atoms with Gasteiger partial charge in [-0.1, -0.05) is 13.8 Å². The zero-order valence-corrected chi connectivity index (χ0v) is 22.1. The number of benzene rings is 3. The molecule has 0 spiro atoms. The third kappa shape index (κ3) is 4.23. The fourth-order valence-electron chi connectivity index (χ4n) is 6.02. The lowest BCUT2D eigenvalue weighted by Crippen LogP contribution is -2.24. The van der Waals surface area contributed by atoms with Crippen molar-refractivity contribution in [3.05, 3.63) is 74.9 Å². The van der Waals surface area contributed by atoms with Crippen LogP contribution in [0.4, 0.5) is 0 Å². The van der Waals surface area contributed by atoms with Crippen LogP contribution < -0.4 is 14.9 Å². The Balaban J connectivity index is 1.56. The fourth-order valence-corrected chi connectivity index (χ4v) is 6.02. The van der Waals surface area contributed by atoms with Crippen molar-refractivity contribution in [2.45, 2.75) is 38.9 Å². The van der Waals surface area contributed by atoms with Gasteiger partial charge in [0.05, 0.1) is 5.39 Å². The number of phenols is 6. The Labute approximate surface area is 233 Å². The van der Waals surface area contributed by atoms with Crippen molar-refractivity contribution >= 4 is 10.8 Å². The van der Waals surface area contributed by atoms with Gasteiger partial charge >= 0.3 is 0 Å². The van der Waals surface area contributed by atoms with E-state index in [4.69, 9.17) is 9.47 Å². The summed E-state index contributed by atoms with van der Waals surface area (Å²) in [5.41, 5.74) is 0.901.